The van der Waals surface area contributed by atoms with Crippen molar-refractivity contribution in [1.82, 2.24) is 0 Å². The predicted octanol–water partition coefficient (Wildman–Crippen LogP) is 4.40. The highest BCUT2D eigenvalue weighted by atomic mass is 19.4. The zero-order chi connectivity index (χ0) is 12.0. The molecule has 0 spiro atoms. The van der Waals surface area contributed by atoms with E-state index in [1.54, 1.807) is 24.3 Å². The van der Waals surface area contributed by atoms with Crippen molar-refractivity contribution >= 4 is 21.9 Å². The summed E-state index contributed by atoms with van der Waals surface area (Å²) < 4.78 is 43.6. The molecular weight excluding hydrogens is 229 g/mol. The number of halogens is 3. The standard InChI is InChI=1S/C13H6F3O/c14-13(15,16)10-6-3-5-9-8-4-1-2-7-11(8)17-12(9)10/h2-7H. The second-order valence-electron chi connectivity index (χ2n) is 3.70. The largest absolute Gasteiger partial charge is 0.455 e. The maximum Gasteiger partial charge on any atom is 0.420 e. The molecule has 0 saturated heterocycles. The van der Waals surface area contributed by atoms with E-state index in [0.29, 0.717) is 16.4 Å². The SMILES string of the molecule is FC(F)(F)c1cccc2c1oc1cc[c]cc12. The molecular formula is C13H6F3O. The molecule has 0 bridgehead atoms. The molecule has 0 unspecified atom stereocenters. The van der Waals surface area contributed by atoms with Gasteiger partial charge in [0, 0.05) is 10.8 Å². The lowest BCUT2D eigenvalue weighted by Gasteiger charge is -2.05. The van der Waals surface area contributed by atoms with Crippen LogP contribution in [-0.4, -0.2) is 0 Å². The highest BCUT2D eigenvalue weighted by Crippen LogP contribution is 2.38. The third-order valence-electron chi connectivity index (χ3n) is 2.65. The van der Waals surface area contributed by atoms with Crippen molar-refractivity contribution in [1.29, 1.82) is 0 Å². The van der Waals surface area contributed by atoms with E-state index in [0.717, 1.165) is 6.07 Å². The number of alkyl halides is 3. The van der Waals surface area contributed by atoms with Crippen LogP contribution in [0, 0.1) is 6.07 Å². The van der Waals surface area contributed by atoms with Crippen LogP contribution < -0.4 is 0 Å². The fourth-order valence-corrected chi connectivity index (χ4v) is 1.91. The normalized spacial score (nSPS) is 12.4. The molecule has 0 N–H and O–H groups in total. The summed E-state index contributed by atoms with van der Waals surface area (Å²) in [5, 5.41) is 1.11. The minimum Gasteiger partial charge on any atom is -0.455 e. The molecule has 1 nitrogen and oxygen atoms in total. The summed E-state index contributed by atoms with van der Waals surface area (Å²) in [6.07, 6.45) is -4.41. The lowest BCUT2D eigenvalue weighted by atomic mass is 10.1. The molecule has 17 heavy (non-hydrogen) atoms. The Morgan fingerprint density at radius 1 is 1.06 bits per heavy atom. The van der Waals surface area contributed by atoms with Gasteiger partial charge in [-0.1, -0.05) is 18.2 Å². The molecule has 0 saturated carbocycles. The first-order valence-electron chi connectivity index (χ1n) is 4.96. The van der Waals surface area contributed by atoms with Crippen LogP contribution in [0.25, 0.3) is 21.9 Å². The summed E-state index contributed by atoms with van der Waals surface area (Å²) in [5.74, 6) is 0. The molecule has 3 rings (SSSR count). The van der Waals surface area contributed by atoms with Crippen LogP contribution in [0.3, 0.4) is 0 Å². The fourth-order valence-electron chi connectivity index (χ4n) is 1.91. The first-order valence-corrected chi connectivity index (χ1v) is 4.96. The number of para-hydroxylation sites is 1. The van der Waals surface area contributed by atoms with E-state index < -0.39 is 11.7 Å². The van der Waals surface area contributed by atoms with Gasteiger partial charge >= 0.3 is 6.18 Å². The van der Waals surface area contributed by atoms with Crippen LogP contribution in [0.5, 0.6) is 0 Å². The van der Waals surface area contributed by atoms with Gasteiger partial charge in [0.25, 0.3) is 0 Å². The van der Waals surface area contributed by atoms with Crippen molar-refractivity contribution in [3.63, 3.8) is 0 Å². The predicted molar refractivity (Wildman–Crippen MR) is 57.6 cm³/mol. The second-order valence-corrected chi connectivity index (χ2v) is 3.70. The number of rotatable bonds is 0. The minimum absolute atomic E-state index is 0.116. The third-order valence-corrected chi connectivity index (χ3v) is 2.65. The van der Waals surface area contributed by atoms with Gasteiger partial charge in [-0.05, 0) is 24.3 Å². The van der Waals surface area contributed by atoms with E-state index in [1.165, 1.54) is 6.07 Å². The van der Waals surface area contributed by atoms with E-state index in [1.807, 2.05) is 0 Å². The summed E-state index contributed by atoms with van der Waals surface area (Å²) in [4.78, 5) is 0. The quantitative estimate of drug-likeness (QED) is 0.562. The fraction of sp³-hybridized carbons (Fsp3) is 0.0769. The highest BCUT2D eigenvalue weighted by molar-refractivity contribution is 6.05. The van der Waals surface area contributed by atoms with Gasteiger partial charge in [0.1, 0.15) is 11.2 Å². The van der Waals surface area contributed by atoms with Crippen molar-refractivity contribution in [2.24, 2.45) is 0 Å². The number of hydrogen-bond donors (Lipinski definition) is 0. The summed E-state index contributed by atoms with van der Waals surface area (Å²) in [6.45, 7) is 0. The molecule has 0 aliphatic carbocycles. The van der Waals surface area contributed by atoms with E-state index in [-0.39, 0.29) is 5.58 Å². The molecule has 0 aliphatic rings. The van der Waals surface area contributed by atoms with Gasteiger partial charge < -0.3 is 4.42 Å². The molecule has 85 valence electrons. The Morgan fingerprint density at radius 3 is 2.65 bits per heavy atom. The Balaban J connectivity index is 2.48. The van der Waals surface area contributed by atoms with Crippen LogP contribution in [0.15, 0.2) is 40.8 Å². The lowest BCUT2D eigenvalue weighted by Crippen LogP contribution is -2.04. The maximum atomic E-state index is 12.8. The monoisotopic (exact) mass is 235 g/mol. The van der Waals surface area contributed by atoms with Crippen LogP contribution in [0.1, 0.15) is 5.56 Å². The molecule has 2 aromatic carbocycles. The first kappa shape index (κ1) is 10.2. The lowest BCUT2D eigenvalue weighted by molar-refractivity contribution is -0.136. The maximum absolute atomic E-state index is 12.8. The summed E-state index contributed by atoms with van der Waals surface area (Å²) in [6, 6.07) is 11.7. The molecule has 3 aromatic rings. The Kier molecular flexibility index (Phi) is 1.96. The molecule has 0 amide bonds. The summed E-state index contributed by atoms with van der Waals surface area (Å²) >= 11 is 0. The van der Waals surface area contributed by atoms with Crippen LogP contribution in [0.4, 0.5) is 13.2 Å². The molecule has 1 radical (unpaired) electrons. The van der Waals surface area contributed by atoms with Crippen molar-refractivity contribution in [3.05, 3.63) is 48.0 Å². The van der Waals surface area contributed by atoms with Crippen molar-refractivity contribution in [2.45, 2.75) is 6.18 Å². The van der Waals surface area contributed by atoms with Crippen molar-refractivity contribution < 1.29 is 17.6 Å². The number of benzene rings is 2. The molecule has 1 heterocycles. The van der Waals surface area contributed by atoms with Gasteiger partial charge in [0.2, 0.25) is 0 Å². The van der Waals surface area contributed by atoms with Crippen LogP contribution in [0.2, 0.25) is 0 Å². The highest BCUT2D eigenvalue weighted by Gasteiger charge is 2.34. The molecule has 4 heteroatoms. The van der Waals surface area contributed by atoms with Gasteiger partial charge in [-0.3, -0.25) is 0 Å². The van der Waals surface area contributed by atoms with Crippen molar-refractivity contribution in [3.8, 4) is 0 Å². The average molecular weight is 235 g/mol. The summed E-state index contributed by atoms with van der Waals surface area (Å²) in [5.41, 5.74) is -0.420. The van der Waals surface area contributed by atoms with Gasteiger partial charge in [0.15, 0.2) is 0 Å². The number of hydrogen-bond acceptors (Lipinski definition) is 1. The van der Waals surface area contributed by atoms with Gasteiger partial charge in [0.05, 0.1) is 5.56 Å². The molecule has 0 fully saturated rings. The smallest absolute Gasteiger partial charge is 0.420 e. The second kappa shape index (κ2) is 3.26. The molecule has 0 atom stereocenters. The van der Waals surface area contributed by atoms with Gasteiger partial charge in [-0.2, -0.15) is 13.2 Å². The van der Waals surface area contributed by atoms with Crippen LogP contribution >= 0.6 is 0 Å². The van der Waals surface area contributed by atoms with E-state index >= 15 is 0 Å². The molecule has 1 aromatic heterocycles. The topological polar surface area (TPSA) is 13.1 Å². The first-order chi connectivity index (χ1) is 8.07. The Morgan fingerprint density at radius 2 is 1.88 bits per heavy atom. The Labute approximate surface area is 94.5 Å². The molecule has 0 aliphatic heterocycles. The third kappa shape index (κ3) is 1.48. The van der Waals surface area contributed by atoms with E-state index in [4.69, 9.17) is 4.42 Å². The number of fused-ring (bicyclic) bond motifs is 3. The van der Waals surface area contributed by atoms with Gasteiger partial charge in [-0.25, -0.2) is 0 Å². The van der Waals surface area contributed by atoms with E-state index in [2.05, 4.69) is 6.07 Å². The zero-order valence-electron chi connectivity index (χ0n) is 8.51. The number of furan rings is 1. The Bertz CT molecular complexity index is 695. The summed E-state index contributed by atoms with van der Waals surface area (Å²) in [7, 11) is 0. The Hall–Kier alpha value is -1.97. The van der Waals surface area contributed by atoms with Gasteiger partial charge in [-0.15, -0.1) is 0 Å². The minimum atomic E-state index is -4.41. The van der Waals surface area contributed by atoms with Crippen LogP contribution in [-0.2, 0) is 6.18 Å². The van der Waals surface area contributed by atoms with E-state index in [9.17, 15) is 13.2 Å². The average Bonchev–Trinajstić information content (AvgIpc) is 2.65. The zero-order valence-corrected chi connectivity index (χ0v) is 8.51. The van der Waals surface area contributed by atoms with Crippen molar-refractivity contribution in [2.75, 3.05) is 0 Å².